The second kappa shape index (κ2) is 8.78. The molecule has 4 rings (SSSR count). The van der Waals surface area contributed by atoms with Crippen molar-refractivity contribution in [2.45, 2.75) is 26.3 Å². The first-order valence-electron chi connectivity index (χ1n) is 10.4. The number of benzene rings is 2. The molecule has 0 saturated carbocycles. The first kappa shape index (κ1) is 21.5. The van der Waals surface area contributed by atoms with Crippen LogP contribution in [0.5, 0.6) is 0 Å². The summed E-state index contributed by atoms with van der Waals surface area (Å²) in [6.45, 7) is 2.28. The molecule has 0 unspecified atom stereocenters. The molecule has 6 nitrogen and oxygen atoms in total. The Morgan fingerprint density at radius 2 is 1.84 bits per heavy atom. The number of fused-ring (bicyclic) bond motifs is 1. The number of carbonyl (C=O) groups is 2. The highest BCUT2D eigenvalue weighted by atomic mass is 19.1. The Balaban J connectivity index is 1.56. The van der Waals surface area contributed by atoms with E-state index in [1.54, 1.807) is 65.0 Å². The summed E-state index contributed by atoms with van der Waals surface area (Å²) in [5, 5.41) is 2.84. The van der Waals surface area contributed by atoms with Crippen molar-refractivity contribution in [3.8, 4) is 0 Å². The molecule has 0 radical (unpaired) electrons. The van der Waals surface area contributed by atoms with E-state index in [0.717, 1.165) is 11.3 Å². The molecule has 0 saturated heterocycles. The third kappa shape index (κ3) is 4.32. The molecule has 0 fully saturated rings. The van der Waals surface area contributed by atoms with Crippen molar-refractivity contribution in [2.24, 2.45) is 7.05 Å². The van der Waals surface area contributed by atoms with E-state index in [0.29, 0.717) is 41.9 Å². The van der Waals surface area contributed by atoms with Crippen LogP contribution >= 0.6 is 0 Å². The lowest BCUT2D eigenvalue weighted by molar-refractivity contribution is 0.101. The fraction of sp³-hybridized carbons (Fsp3) is 0.240. The van der Waals surface area contributed by atoms with Crippen LogP contribution in [-0.2, 0) is 26.4 Å². The van der Waals surface area contributed by atoms with Gasteiger partial charge in [0.15, 0.2) is 5.78 Å². The van der Waals surface area contributed by atoms with E-state index in [1.165, 1.54) is 13.0 Å². The molecule has 0 spiro atoms. The standard InChI is InChI=1S/C25H24FN3O3/c1-16(30)17-7-5-8-21(14-17)27-25(32)29-11-10-23-20(15-29)13-19(24(31)28(23)2)12-18-6-3-4-9-22(18)26/h3-9,13-14H,10-12,15H2,1-2H3,(H,27,32). The van der Waals surface area contributed by atoms with Crippen LogP contribution in [0.2, 0.25) is 0 Å². The summed E-state index contributed by atoms with van der Waals surface area (Å²) in [5.74, 6) is -0.419. The molecular weight excluding hydrogens is 409 g/mol. The minimum atomic E-state index is -0.346. The minimum Gasteiger partial charge on any atom is -0.320 e. The second-order valence-electron chi connectivity index (χ2n) is 8.01. The second-order valence-corrected chi connectivity index (χ2v) is 8.01. The Labute approximate surface area is 185 Å². The van der Waals surface area contributed by atoms with Crippen molar-refractivity contribution < 1.29 is 14.0 Å². The van der Waals surface area contributed by atoms with Gasteiger partial charge >= 0.3 is 6.03 Å². The van der Waals surface area contributed by atoms with E-state index >= 15 is 0 Å². The molecule has 1 aromatic heterocycles. The fourth-order valence-corrected chi connectivity index (χ4v) is 4.06. The number of hydrogen-bond acceptors (Lipinski definition) is 3. The predicted octanol–water partition coefficient (Wildman–Crippen LogP) is 3.91. The van der Waals surface area contributed by atoms with Crippen molar-refractivity contribution in [3.05, 3.63) is 98.7 Å². The zero-order valence-electron chi connectivity index (χ0n) is 18.0. The summed E-state index contributed by atoms with van der Waals surface area (Å²) >= 11 is 0. The highest BCUT2D eigenvalue weighted by molar-refractivity contribution is 5.96. The van der Waals surface area contributed by atoms with Crippen molar-refractivity contribution in [2.75, 3.05) is 11.9 Å². The summed E-state index contributed by atoms with van der Waals surface area (Å²) in [6, 6.07) is 14.7. The van der Waals surface area contributed by atoms with Gasteiger partial charge in [0.05, 0.1) is 0 Å². The molecule has 1 aliphatic rings. The predicted molar refractivity (Wildman–Crippen MR) is 120 cm³/mol. The number of halogens is 1. The molecule has 2 aromatic carbocycles. The maximum Gasteiger partial charge on any atom is 0.322 e. The zero-order chi connectivity index (χ0) is 22.8. The highest BCUT2D eigenvalue weighted by Crippen LogP contribution is 2.21. The number of urea groups is 1. The summed E-state index contributed by atoms with van der Waals surface area (Å²) in [6.07, 6.45) is 0.735. The van der Waals surface area contributed by atoms with E-state index in [4.69, 9.17) is 0 Å². The van der Waals surface area contributed by atoms with Crippen LogP contribution in [0.3, 0.4) is 0 Å². The number of amides is 2. The van der Waals surface area contributed by atoms with Crippen LogP contribution in [-0.4, -0.2) is 27.8 Å². The van der Waals surface area contributed by atoms with Gasteiger partial charge in [-0.15, -0.1) is 0 Å². The molecule has 0 atom stereocenters. The Morgan fingerprint density at radius 3 is 2.59 bits per heavy atom. The number of pyridine rings is 1. The van der Waals surface area contributed by atoms with E-state index in [9.17, 15) is 18.8 Å². The highest BCUT2D eigenvalue weighted by Gasteiger charge is 2.24. The lowest BCUT2D eigenvalue weighted by atomic mass is 9.99. The zero-order valence-corrected chi connectivity index (χ0v) is 18.0. The van der Waals surface area contributed by atoms with Gasteiger partial charge in [0.1, 0.15) is 5.82 Å². The lowest BCUT2D eigenvalue weighted by Crippen LogP contribution is -2.41. The van der Waals surface area contributed by atoms with Gasteiger partial charge in [0, 0.05) is 55.5 Å². The van der Waals surface area contributed by atoms with E-state index in [-0.39, 0.29) is 29.6 Å². The smallest absolute Gasteiger partial charge is 0.320 e. The first-order chi connectivity index (χ1) is 15.3. The SMILES string of the molecule is CC(=O)c1cccc(NC(=O)N2CCc3c(cc(Cc4ccccc4F)c(=O)n3C)C2)c1. The van der Waals surface area contributed by atoms with E-state index < -0.39 is 0 Å². The Bertz CT molecular complexity index is 1270. The first-order valence-corrected chi connectivity index (χ1v) is 10.4. The number of nitrogens with one attached hydrogen (secondary N) is 1. The molecule has 3 aromatic rings. The molecule has 2 amide bonds. The third-order valence-electron chi connectivity index (χ3n) is 5.83. The van der Waals surface area contributed by atoms with Crippen LogP contribution in [0.1, 0.15) is 39.7 Å². The van der Waals surface area contributed by atoms with Crippen molar-refractivity contribution in [1.82, 2.24) is 9.47 Å². The number of rotatable bonds is 4. The molecule has 164 valence electrons. The number of anilines is 1. The number of carbonyl (C=O) groups excluding carboxylic acids is 2. The van der Waals surface area contributed by atoms with E-state index in [2.05, 4.69) is 5.32 Å². The summed E-state index contributed by atoms with van der Waals surface area (Å²) in [7, 11) is 1.72. The van der Waals surface area contributed by atoms with Crippen molar-refractivity contribution >= 4 is 17.5 Å². The van der Waals surface area contributed by atoms with Gasteiger partial charge in [-0.05, 0) is 42.3 Å². The number of ketones is 1. The van der Waals surface area contributed by atoms with Crippen molar-refractivity contribution in [3.63, 3.8) is 0 Å². The van der Waals surface area contributed by atoms with Gasteiger partial charge < -0.3 is 14.8 Å². The molecule has 1 aliphatic heterocycles. The average Bonchev–Trinajstić information content (AvgIpc) is 2.78. The fourth-order valence-electron chi connectivity index (χ4n) is 4.06. The van der Waals surface area contributed by atoms with Gasteiger partial charge in [0.2, 0.25) is 0 Å². The lowest BCUT2D eigenvalue weighted by Gasteiger charge is -2.30. The quantitative estimate of drug-likeness (QED) is 0.634. The number of hydrogen-bond donors (Lipinski definition) is 1. The van der Waals surface area contributed by atoms with Gasteiger partial charge in [0.25, 0.3) is 5.56 Å². The topological polar surface area (TPSA) is 71.4 Å². The van der Waals surface area contributed by atoms with Gasteiger partial charge in [-0.3, -0.25) is 9.59 Å². The normalized spacial score (nSPS) is 12.9. The molecule has 32 heavy (non-hydrogen) atoms. The summed E-state index contributed by atoms with van der Waals surface area (Å²) < 4.78 is 15.7. The van der Waals surface area contributed by atoms with Gasteiger partial charge in [-0.1, -0.05) is 30.3 Å². The number of aromatic nitrogens is 1. The largest absolute Gasteiger partial charge is 0.322 e. The number of nitrogens with zero attached hydrogens (tertiary/aromatic N) is 2. The molecule has 2 heterocycles. The maximum atomic E-state index is 14.1. The van der Waals surface area contributed by atoms with E-state index in [1.807, 2.05) is 0 Å². The Hall–Kier alpha value is -3.74. The number of Topliss-reactive ketones (excluding diaryl/α,β-unsaturated/α-hetero) is 1. The molecular formula is C25H24FN3O3. The third-order valence-corrected chi connectivity index (χ3v) is 5.83. The minimum absolute atomic E-state index is 0.0729. The van der Waals surface area contributed by atoms with Gasteiger partial charge in [-0.25, -0.2) is 9.18 Å². The Kier molecular flexibility index (Phi) is 5.90. The van der Waals surface area contributed by atoms with Crippen molar-refractivity contribution in [1.29, 1.82) is 0 Å². The monoisotopic (exact) mass is 433 g/mol. The average molecular weight is 433 g/mol. The maximum absolute atomic E-state index is 14.1. The van der Waals surface area contributed by atoms with Crippen LogP contribution in [0, 0.1) is 5.82 Å². The Morgan fingerprint density at radius 1 is 1.06 bits per heavy atom. The van der Waals surface area contributed by atoms with Crippen LogP contribution in [0.15, 0.2) is 59.4 Å². The molecule has 0 aliphatic carbocycles. The molecule has 1 N–H and O–H groups in total. The molecule has 0 bridgehead atoms. The van der Waals surface area contributed by atoms with Crippen LogP contribution < -0.4 is 10.9 Å². The summed E-state index contributed by atoms with van der Waals surface area (Å²) in [5.41, 5.74) is 3.64. The van der Waals surface area contributed by atoms with Gasteiger partial charge in [-0.2, -0.15) is 0 Å². The summed E-state index contributed by atoms with van der Waals surface area (Å²) in [4.78, 5) is 38.9. The molecule has 7 heteroatoms. The van der Waals surface area contributed by atoms with Crippen LogP contribution in [0.4, 0.5) is 14.9 Å². The van der Waals surface area contributed by atoms with Crippen LogP contribution in [0.25, 0.3) is 0 Å².